The average Bonchev–Trinajstić information content (AvgIpc) is 2.72. The lowest BCUT2D eigenvalue weighted by molar-refractivity contribution is -0.116. The number of benzene rings is 2. The van der Waals surface area contributed by atoms with Crippen LogP contribution in [0.15, 0.2) is 36.9 Å². The largest absolute Gasteiger partial charge is 0.383 e. The van der Waals surface area contributed by atoms with Gasteiger partial charge in [0.25, 0.3) is 11.8 Å². The van der Waals surface area contributed by atoms with E-state index in [1.807, 2.05) is 25.1 Å². The van der Waals surface area contributed by atoms with E-state index in [4.69, 9.17) is 0 Å². The Morgan fingerprint density at radius 3 is 2.62 bits per heavy atom. The molecule has 3 rings (SSSR count). The molecule has 2 aromatic rings. The highest BCUT2D eigenvalue weighted by molar-refractivity contribution is 6.27. The van der Waals surface area contributed by atoms with Crippen LogP contribution in [0.5, 0.6) is 0 Å². The predicted octanol–water partition coefficient (Wildman–Crippen LogP) is 3.65. The minimum Gasteiger partial charge on any atom is -0.383 e. The highest BCUT2D eigenvalue weighted by atomic mass is 16.2. The Kier molecular flexibility index (Phi) is 6.32. The molecule has 1 heterocycles. The lowest BCUT2D eigenvalue weighted by atomic mass is 9.90. The third kappa shape index (κ3) is 4.01. The Balaban J connectivity index is 1.94. The second-order valence-electron chi connectivity index (χ2n) is 7.24. The molecule has 1 aliphatic rings. The molecular weight excluding hydrogens is 366 g/mol. The smallest absolute Gasteiger partial charge is 0.261 e. The van der Waals surface area contributed by atoms with E-state index >= 15 is 0 Å². The van der Waals surface area contributed by atoms with Gasteiger partial charge in [0.2, 0.25) is 5.91 Å². The highest BCUT2D eigenvalue weighted by Gasteiger charge is 2.33. The van der Waals surface area contributed by atoms with Gasteiger partial charge in [-0.25, -0.2) is 0 Å². The fourth-order valence-electron chi connectivity index (χ4n) is 3.76. The Labute approximate surface area is 171 Å². The molecule has 0 fully saturated rings. The molecular formula is C23H27N3O3. The van der Waals surface area contributed by atoms with Crippen molar-refractivity contribution >= 4 is 34.2 Å². The number of nitrogens with one attached hydrogen (secondary N) is 2. The Morgan fingerprint density at radius 1 is 1.14 bits per heavy atom. The SMILES string of the molecule is C=CC(=O)NCCNc1c(C)cc2c3c(cccc13)C(=O)N(CCCCC)C2=O. The minimum absolute atomic E-state index is 0.220. The van der Waals surface area contributed by atoms with E-state index in [1.54, 1.807) is 6.07 Å². The number of hydrogen-bond acceptors (Lipinski definition) is 4. The number of anilines is 1. The first-order valence-electron chi connectivity index (χ1n) is 10.1. The number of carbonyl (C=O) groups is 3. The summed E-state index contributed by atoms with van der Waals surface area (Å²) in [7, 11) is 0. The van der Waals surface area contributed by atoms with Crippen LogP contribution in [0.2, 0.25) is 0 Å². The fraction of sp³-hybridized carbons (Fsp3) is 0.348. The van der Waals surface area contributed by atoms with Crippen molar-refractivity contribution in [2.24, 2.45) is 0 Å². The molecule has 3 amide bonds. The topological polar surface area (TPSA) is 78.5 Å². The number of hydrogen-bond donors (Lipinski definition) is 2. The van der Waals surface area contributed by atoms with Crippen molar-refractivity contribution in [1.82, 2.24) is 10.2 Å². The molecule has 0 saturated carbocycles. The van der Waals surface area contributed by atoms with Gasteiger partial charge in [0.05, 0.1) is 0 Å². The maximum Gasteiger partial charge on any atom is 0.261 e. The van der Waals surface area contributed by atoms with E-state index in [0.717, 1.165) is 35.9 Å². The zero-order valence-corrected chi connectivity index (χ0v) is 17.0. The fourth-order valence-corrected chi connectivity index (χ4v) is 3.76. The molecule has 1 aliphatic heterocycles. The molecule has 0 radical (unpaired) electrons. The molecule has 6 heteroatoms. The van der Waals surface area contributed by atoms with Crippen LogP contribution in [-0.2, 0) is 4.79 Å². The molecule has 2 N–H and O–H groups in total. The third-order valence-corrected chi connectivity index (χ3v) is 5.21. The predicted molar refractivity (Wildman–Crippen MR) is 115 cm³/mol. The van der Waals surface area contributed by atoms with Gasteiger partial charge in [-0.15, -0.1) is 0 Å². The summed E-state index contributed by atoms with van der Waals surface area (Å²) >= 11 is 0. The van der Waals surface area contributed by atoms with Crippen LogP contribution in [0.25, 0.3) is 10.8 Å². The van der Waals surface area contributed by atoms with Crippen LogP contribution in [0.4, 0.5) is 5.69 Å². The Hall–Kier alpha value is -3.15. The van der Waals surface area contributed by atoms with Crippen LogP contribution in [0.1, 0.15) is 52.5 Å². The summed E-state index contributed by atoms with van der Waals surface area (Å²) in [6.07, 6.45) is 4.06. The maximum atomic E-state index is 13.1. The van der Waals surface area contributed by atoms with Gasteiger partial charge in [-0.1, -0.05) is 38.5 Å². The van der Waals surface area contributed by atoms with Crippen LogP contribution in [-0.4, -0.2) is 42.3 Å². The van der Waals surface area contributed by atoms with Gasteiger partial charge >= 0.3 is 0 Å². The summed E-state index contributed by atoms with van der Waals surface area (Å²) in [5.41, 5.74) is 2.95. The van der Waals surface area contributed by atoms with Gasteiger partial charge in [0.1, 0.15) is 0 Å². The van der Waals surface area contributed by atoms with Gasteiger partial charge in [-0.2, -0.15) is 0 Å². The van der Waals surface area contributed by atoms with Gasteiger partial charge < -0.3 is 10.6 Å². The van der Waals surface area contributed by atoms with E-state index in [9.17, 15) is 14.4 Å². The molecule has 0 saturated heterocycles. The molecule has 0 aliphatic carbocycles. The van der Waals surface area contributed by atoms with Crippen molar-refractivity contribution in [3.63, 3.8) is 0 Å². The number of carbonyl (C=O) groups excluding carboxylic acids is 3. The molecule has 0 aromatic heterocycles. The van der Waals surface area contributed by atoms with Crippen molar-refractivity contribution < 1.29 is 14.4 Å². The quantitative estimate of drug-likeness (QED) is 0.387. The molecule has 0 bridgehead atoms. The number of nitrogens with zero attached hydrogens (tertiary/aromatic N) is 1. The summed E-state index contributed by atoms with van der Waals surface area (Å²) < 4.78 is 0. The first-order valence-corrected chi connectivity index (χ1v) is 10.1. The normalized spacial score (nSPS) is 13.0. The van der Waals surface area contributed by atoms with Gasteiger partial charge in [0.15, 0.2) is 0 Å². The molecule has 2 aromatic carbocycles. The van der Waals surface area contributed by atoms with Crippen molar-refractivity contribution in [3.8, 4) is 0 Å². The van der Waals surface area contributed by atoms with Crippen LogP contribution < -0.4 is 10.6 Å². The minimum atomic E-state index is -0.225. The summed E-state index contributed by atoms with van der Waals surface area (Å²) in [4.78, 5) is 38.7. The maximum absolute atomic E-state index is 13.1. The first-order chi connectivity index (χ1) is 14.0. The second kappa shape index (κ2) is 8.90. The Morgan fingerprint density at radius 2 is 1.90 bits per heavy atom. The standard InChI is InChI=1S/C23H27N3O3/c1-4-6-7-13-26-22(28)17-10-8-9-16-20(17)18(23(26)29)14-15(3)21(16)25-12-11-24-19(27)5-2/h5,8-10,14,25H,2,4,6-7,11-13H2,1,3H3,(H,24,27). The van der Waals surface area contributed by atoms with E-state index in [1.165, 1.54) is 11.0 Å². The molecule has 152 valence electrons. The summed E-state index contributed by atoms with van der Waals surface area (Å²) in [6, 6.07) is 7.42. The molecule has 6 nitrogen and oxygen atoms in total. The third-order valence-electron chi connectivity index (χ3n) is 5.21. The lowest BCUT2D eigenvalue weighted by Crippen LogP contribution is -2.41. The number of aryl methyl sites for hydroxylation is 1. The molecule has 0 spiro atoms. The van der Waals surface area contributed by atoms with E-state index in [2.05, 4.69) is 24.1 Å². The van der Waals surface area contributed by atoms with Crippen LogP contribution >= 0.6 is 0 Å². The number of imide groups is 1. The number of rotatable bonds is 9. The zero-order chi connectivity index (χ0) is 21.0. The van der Waals surface area contributed by atoms with Crippen molar-refractivity contribution in [3.05, 3.63) is 53.6 Å². The summed E-state index contributed by atoms with van der Waals surface area (Å²) in [5.74, 6) is -0.667. The van der Waals surface area contributed by atoms with E-state index in [-0.39, 0.29) is 17.7 Å². The summed E-state index contributed by atoms with van der Waals surface area (Å²) in [5, 5.41) is 7.62. The second-order valence-corrected chi connectivity index (χ2v) is 7.24. The van der Waals surface area contributed by atoms with Gasteiger partial charge in [0, 0.05) is 47.2 Å². The molecule has 29 heavy (non-hydrogen) atoms. The molecule has 0 unspecified atom stereocenters. The van der Waals surface area contributed by atoms with Gasteiger partial charge in [-0.05, 0) is 37.1 Å². The van der Waals surface area contributed by atoms with E-state index in [0.29, 0.717) is 36.1 Å². The van der Waals surface area contributed by atoms with Crippen molar-refractivity contribution in [1.29, 1.82) is 0 Å². The van der Waals surface area contributed by atoms with Crippen LogP contribution in [0.3, 0.4) is 0 Å². The molecule has 0 atom stereocenters. The average molecular weight is 393 g/mol. The number of amides is 3. The highest BCUT2D eigenvalue weighted by Crippen LogP contribution is 2.36. The monoisotopic (exact) mass is 393 g/mol. The summed E-state index contributed by atoms with van der Waals surface area (Å²) in [6.45, 7) is 8.87. The van der Waals surface area contributed by atoms with Crippen LogP contribution in [0, 0.1) is 6.92 Å². The number of unbranched alkanes of at least 4 members (excludes halogenated alkanes) is 2. The van der Waals surface area contributed by atoms with Crippen molar-refractivity contribution in [2.75, 3.05) is 25.0 Å². The zero-order valence-electron chi connectivity index (χ0n) is 17.0. The van der Waals surface area contributed by atoms with Gasteiger partial charge in [-0.3, -0.25) is 19.3 Å². The lowest BCUT2D eigenvalue weighted by Gasteiger charge is -2.28. The van der Waals surface area contributed by atoms with Crippen molar-refractivity contribution in [2.45, 2.75) is 33.1 Å². The Bertz CT molecular complexity index is 981. The van der Waals surface area contributed by atoms with E-state index < -0.39 is 0 Å². The first kappa shape index (κ1) is 20.6.